The molecule has 6 nitrogen and oxygen atoms in total. The quantitative estimate of drug-likeness (QED) is 0.488. The number of hydrazone groups is 1. The van der Waals surface area contributed by atoms with Crippen LogP contribution in [0.1, 0.15) is 11.3 Å². The molecule has 0 saturated carbocycles. The molecule has 0 aliphatic heterocycles. The van der Waals surface area contributed by atoms with E-state index < -0.39 is 30.9 Å². The van der Waals surface area contributed by atoms with E-state index in [0.29, 0.717) is 5.56 Å². The minimum atomic E-state index is -4.58. The first-order chi connectivity index (χ1) is 11.7. The van der Waals surface area contributed by atoms with Crippen LogP contribution < -0.4 is 10.2 Å². The molecule has 0 spiro atoms. The highest BCUT2D eigenvalue weighted by atomic mass is 19.4. The summed E-state index contributed by atoms with van der Waals surface area (Å²) in [6.07, 6.45) is -2.33. The monoisotopic (exact) mass is 362 g/mol. The second-order valence-electron chi connectivity index (χ2n) is 4.64. The summed E-state index contributed by atoms with van der Waals surface area (Å²) >= 11 is 0. The van der Waals surface area contributed by atoms with Crippen molar-refractivity contribution in [2.75, 3.05) is 0 Å². The molecule has 1 heterocycles. The molecule has 11 heteroatoms. The average Bonchev–Trinajstić information content (AvgIpc) is 2.97. The maximum atomic E-state index is 12.4. The topological polar surface area (TPSA) is 68.5 Å². The van der Waals surface area contributed by atoms with Crippen LogP contribution in [0.15, 0.2) is 41.6 Å². The van der Waals surface area contributed by atoms with E-state index in [1.165, 1.54) is 30.5 Å². The first kappa shape index (κ1) is 18.4. The van der Waals surface area contributed by atoms with Gasteiger partial charge in [0.25, 0.3) is 5.91 Å². The fourth-order valence-corrected chi connectivity index (χ4v) is 1.70. The summed E-state index contributed by atoms with van der Waals surface area (Å²) in [4.78, 5) is 11.6. The molecule has 0 atom stereocenters. The van der Waals surface area contributed by atoms with Crippen LogP contribution in [0.4, 0.5) is 22.0 Å². The number of ether oxygens (including phenoxy) is 1. The van der Waals surface area contributed by atoms with Crippen LogP contribution in [0.5, 0.6) is 5.75 Å². The van der Waals surface area contributed by atoms with Crippen molar-refractivity contribution >= 4 is 12.1 Å². The lowest BCUT2D eigenvalue weighted by Gasteiger charge is -2.04. The molecular formula is C14H11F5N4O2. The van der Waals surface area contributed by atoms with Crippen LogP contribution >= 0.6 is 0 Å². The van der Waals surface area contributed by atoms with Crippen LogP contribution in [0.25, 0.3) is 0 Å². The number of carbonyl (C=O) groups is 1. The van der Waals surface area contributed by atoms with Gasteiger partial charge >= 0.3 is 12.8 Å². The number of benzene rings is 1. The Morgan fingerprint density at radius 3 is 2.52 bits per heavy atom. The standard InChI is InChI=1S/C14H11F5N4O2/c15-13(16)25-10-3-1-9(2-4-10)7-20-21-12(24)8-23-6-5-11(22-23)14(17,18)19/h1-7,13H,8H2,(H,21,24)/b20-7+. The van der Waals surface area contributed by atoms with E-state index in [0.717, 1.165) is 16.9 Å². The Balaban J connectivity index is 1.85. The molecule has 2 rings (SSSR count). The first-order valence-electron chi connectivity index (χ1n) is 6.71. The minimum Gasteiger partial charge on any atom is -0.435 e. The predicted molar refractivity (Wildman–Crippen MR) is 76.0 cm³/mol. The van der Waals surface area contributed by atoms with Crippen LogP contribution in [-0.2, 0) is 17.5 Å². The molecule has 1 aromatic carbocycles. The van der Waals surface area contributed by atoms with Crippen molar-refractivity contribution in [2.45, 2.75) is 19.3 Å². The van der Waals surface area contributed by atoms with E-state index in [1.54, 1.807) is 0 Å². The SMILES string of the molecule is O=C(Cn1ccc(C(F)(F)F)n1)N/N=C/c1ccc(OC(F)F)cc1. The Kier molecular flexibility index (Phi) is 5.67. The second kappa shape index (κ2) is 7.73. The van der Waals surface area contributed by atoms with E-state index in [2.05, 4.69) is 20.4 Å². The summed E-state index contributed by atoms with van der Waals surface area (Å²) in [5, 5.41) is 6.83. The van der Waals surface area contributed by atoms with Gasteiger partial charge in [-0.3, -0.25) is 9.48 Å². The van der Waals surface area contributed by atoms with Gasteiger partial charge in [0.1, 0.15) is 12.3 Å². The molecule has 0 radical (unpaired) electrons. The lowest BCUT2D eigenvalue weighted by molar-refractivity contribution is -0.141. The Morgan fingerprint density at radius 2 is 1.96 bits per heavy atom. The van der Waals surface area contributed by atoms with E-state index in [4.69, 9.17) is 0 Å². The molecule has 0 aliphatic carbocycles. The molecule has 0 aliphatic rings. The lowest BCUT2D eigenvalue weighted by Crippen LogP contribution is -2.23. The number of hydrogen-bond donors (Lipinski definition) is 1. The minimum absolute atomic E-state index is 0.0321. The van der Waals surface area contributed by atoms with Crippen LogP contribution in [-0.4, -0.2) is 28.5 Å². The average molecular weight is 362 g/mol. The molecule has 1 aromatic heterocycles. The third-order valence-corrected chi connectivity index (χ3v) is 2.74. The molecule has 0 saturated heterocycles. The number of halogens is 5. The summed E-state index contributed by atoms with van der Waals surface area (Å²) in [6, 6.07) is 6.18. The fourth-order valence-electron chi connectivity index (χ4n) is 1.70. The highest BCUT2D eigenvalue weighted by Gasteiger charge is 2.33. The Labute approximate surface area is 137 Å². The number of nitrogens with zero attached hydrogens (tertiary/aromatic N) is 3. The van der Waals surface area contributed by atoms with Crippen LogP contribution in [0.3, 0.4) is 0 Å². The normalized spacial score (nSPS) is 11.9. The first-order valence-corrected chi connectivity index (χ1v) is 6.71. The highest BCUT2D eigenvalue weighted by molar-refractivity contribution is 5.82. The smallest absolute Gasteiger partial charge is 0.435 e. The van der Waals surface area contributed by atoms with Gasteiger partial charge < -0.3 is 4.74 Å². The zero-order valence-corrected chi connectivity index (χ0v) is 12.4. The zero-order valence-electron chi connectivity index (χ0n) is 12.4. The molecule has 0 bridgehead atoms. The second-order valence-corrected chi connectivity index (χ2v) is 4.64. The van der Waals surface area contributed by atoms with Gasteiger partial charge in [-0.2, -0.15) is 32.2 Å². The summed E-state index contributed by atoms with van der Waals surface area (Å²) in [6.45, 7) is -3.38. The Bertz CT molecular complexity index is 740. The van der Waals surface area contributed by atoms with Gasteiger partial charge in [0.05, 0.1) is 6.21 Å². The van der Waals surface area contributed by atoms with Gasteiger partial charge in [-0.05, 0) is 35.9 Å². The van der Waals surface area contributed by atoms with Crippen molar-refractivity contribution in [1.82, 2.24) is 15.2 Å². The molecular weight excluding hydrogens is 351 g/mol. The number of aromatic nitrogens is 2. The van der Waals surface area contributed by atoms with Crippen molar-refractivity contribution < 1.29 is 31.5 Å². The Hall–Kier alpha value is -2.98. The number of amides is 1. The van der Waals surface area contributed by atoms with Gasteiger partial charge in [-0.25, -0.2) is 5.43 Å². The van der Waals surface area contributed by atoms with Gasteiger partial charge in [-0.1, -0.05) is 0 Å². The molecule has 25 heavy (non-hydrogen) atoms. The third-order valence-electron chi connectivity index (χ3n) is 2.74. The van der Waals surface area contributed by atoms with Crippen molar-refractivity contribution in [1.29, 1.82) is 0 Å². The van der Waals surface area contributed by atoms with E-state index in [-0.39, 0.29) is 5.75 Å². The number of nitrogens with one attached hydrogen (secondary N) is 1. The molecule has 1 N–H and O–H groups in total. The molecule has 2 aromatic rings. The summed E-state index contributed by atoms with van der Waals surface area (Å²) < 4.78 is 66.1. The van der Waals surface area contributed by atoms with Crippen LogP contribution in [0, 0.1) is 0 Å². The van der Waals surface area contributed by atoms with Crippen molar-refractivity contribution in [3.8, 4) is 5.75 Å². The maximum absolute atomic E-state index is 12.4. The number of hydrogen-bond acceptors (Lipinski definition) is 4. The molecule has 0 unspecified atom stereocenters. The number of carbonyl (C=O) groups excluding carboxylic acids is 1. The summed E-state index contributed by atoms with van der Waals surface area (Å²) in [5.41, 5.74) is 1.50. The zero-order chi connectivity index (χ0) is 18.4. The van der Waals surface area contributed by atoms with Crippen molar-refractivity contribution in [2.24, 2.45) is 5.10 Å². The lowest BCUT2D eigenvalue weighted by atomic mass is 10.2. The van der Waals surface area contributed by atoms with Gasteiger partial charge in [-0.15, -0.1) is 0 Å². The number of rotatable bonds is 6. The predicted octanol–water partition coefficient (Wildman–Crippen LogP) is 2.65. The largest absolute Gasteiger partial charge is 0.435 e. The van der Waals surface area contributed by atoms with Crippen molar-refractivity contribution in [3.63, 3.8) is 0 Å². The Morgan fingerprint density at radius 1 is 1.28 bits per heavy atom. The van der Waals surface area contributed by atoms with Gasteiger partial charge in [0, 0.05) is 6.20 Å². The summed E-state index contributed by atoms with van der Waals surface area (Å²) in [7, 11) is 0. The molecule has 0 fully saturated rings. The van der Waals surface area contributed by atoms with Crippen LogP contribution in [0.2, 0.25) is 0 Å². The van der Waals surface area contributed by atoms with Gasteiger partial charge in [0.15, 0.2) is 5.69 Å². The molecule has 1 amide bonds. The maximum Gasteiger partial charge on any atom is 0.435 e. The van der Waals surface area contributed by atoms with Gasteiger partial charge in [0.2, 0.25) is 0 Å². The van der Waals surface area contributed by atoms with Crippen molar-refractivity contribution in [3.05, 3.63) is 47.8 Å². The molecule has 134 valence electrons. The fraction of sp³-hybridized carbons (Fsp3) is 0.214. The van der Waals surface area contributed by atoms with E-state index >= 15 is 0 Å². The van der Waals surface area contributed by atoms with E-state index in [9.17, 15) is 26.7 Å². The summed E-state index contributed by atoms with van der Waals surface area (Å²) in [5.74, 6) is -0.721. The third kappa shape index (κ3) is 5.86. The highest BCUT2D eigenvalue weighted by Crippen LogP contribution is 2.27. The number of alkyl halides is 5. The van der Waals surface area contributed by atoms with E-state index in [1.807, 2.05) is 0 Å².